The van der Waals surface area contributed by atoms with Crippen LogP contribution in [0.5, 0.6) is 11.6 Å². The summed E-state index contributed by atoms with van der Waals surface area (Å²) < 4.78 is 6.32. The molecule has 0 spiro atoms. The minimum Gasteiger partial charge on any atom is -0.430 e. The van der Waals surface area contributed by atoms with E-state index in [2.05, 4.69) is 9.97 Å². The van der Waals surface area contributed by atoms with Crippen LogP contribution in [0.1, 0.15) is 0 Å². The summed E-state index contributed by atoms with van der Waals surface area (Å²) in [7, 11) is 0. The Morgan fingerprint density at radius 2 is 2.05 bits per heavy atom. The number of hydrogen-bond donors (Lipinski definition) is 0. The fourth-order valence-corrected chi connectivity index (χ4v) is 2.41. The first-order valence-electron chi connectivity index (χ1n) is 5.35. The lowest BCUT2D eigenvalue weighted by Crippen LogP contribution is -1.94. The summed E-state index contributed by atoms with van der Waals surface area (Å²) in [6, 6.07) is 8.04. The monoisotopic (exact) mass is 273 g/mol. The molecular formula is C12H7N3O3S. The normalized spacial score (nSPS) is 10.5. The number of nitrogens with zero attached hydrogens (tertiary/aromatic N) is 3. The lowest BCUT2D eigenvalue weighted by molar-refractivity contribution is -0.385. The zero-order chi connectivity index (χ0) is 13.2. The molecule has 2 aromatic heterocycles. The van der Waals surface area contributed by atoms with E-state index >= 15 is 0 Å². The van der Waals surface area contributed by atoms with Crippen molar-refractivity contribution in [3.8, 4) is 11.6 Å². The van der Waals surface area contributed by atoms with Gasteiger partial charge in [0.25, 0.3) is 0 Å². The lowest BCUT2D eigenvalue weighted by atomic mass is 10.3. The smallest absolute Gasteiger partial charge is 0.311 e. The number of nitro benzene ring substituents is 1. The summed E-state index contributed by atoms with van der Waals surface area (Å²) in [5, 5.41) is 12.8. The van der Waals surface area contributed by atoms with Gasteiger partial charge in [-0.3, -0.25) is 10.1 Å². The molecule has 2 heterocycles. The van der Waals surface area contributed by atoms with Crippen molar-refractivity contribution < 1.29 is 9.66 Å². The minimum atomic E-state index is -0.484. The molecule has 19 heavy (non-hydrogen) atoms. The van der Waals surface area contributed by atoms with Gasteiger partial charge in [-0.15, -0.1) is 11.3 Å². The van der Waals surface area contributed by atoms with E-state index in [-0.39, 0.29) is 11.4 Å². The highest BCUT2D eigenvalue weighted by atomic mass is 32.1. The first-order chi connectivity index (χ1) is 9.25. The number of para-hydroxylation sites is 2. The molecule has 0 N–H and O–H groups in total. The van der Waals surface area contributed by atoms with Crippen molar-refractivity contribution in [1.82, 2.24) is 9.97 Å². The molecule has 0 aliphatic carbocycles. The number of nitro groups is 1. The number of aromatic nitrogens is 2. The van der Waals surface area contributed by atoms with Crippen molar-refractivity contribution in [2.75, 3.05) is 0 Å². The molecule has 0 aliphatic heterocycles. The highest BCUT2D eigenvalue weighted by Crippen LogP contribution is 2.34. The van der Waals surface area contributed by atoms with Crippen LogP contribution in [-0.2, 0) is 0 Å². The number of hydrogen-bond acceptors (Lipinski definition) is 6. The Bertz CT molecular complexity index is 757. The Labute approximate surface area is 111 Å². The maximum atomic E-state index is 10.9. The van der Waals surface area contributed by atoms with Gasteiger partial charge in [0, 0.05) is 6.07 Å². The van der Waals surface area contributed by atoms with E-state index in [1.807, 2.05) is 11.4 Å². The first kappa shape index (κ1) is 11.5. The Balaban J connectivity index is 2.06. The zero-order valence-electron chi connectivity index (χ0n) is 9.52. The molecular weight excluding hydrogens is 266 g/mol. The second-order valence-electron chi connectivity index (χ2n) is 3.64. The number of thiophene rings is 1. The highest BCUT2D eigenvalue weighted by molar-refractivity contribution is 7.17. The molecule has 1 aromatic carbocycles. The Kier molecular flexibility index (Phi) is 2.81. The molecule has 0 aliphatic rings. The molecule has 3 aromatic rings. The van der Waals surface area contributed by atoms with Gasteiger partial charge in [-0.1, -0.05) is 12.1 Å². The molecule has 0 unspecified atom stereocenters. The van der Waals surface area contributed by atoms with Crippen LogP contribution in [0.15, 0.2) is 42.0 Å². The molecule has 0 saturated heterocycles. The summed E-state index contributed by atoms with van der Waals surface area (Å²) >= 11 is 1.43. The van der Waals surface area contributed by atoms with E-state index in [1.165, 1.54) is 23.7 Å². The Hall–Kier alpha value is -2.54. The van der Waals surface area contributed by atoms with E-state index in [9.17, 15) is 10.1 Å². The zero-order valence-corrected chi connectivity index (χ0v) is 10.3. The number of rotatable bonds is 3. The van der Waals surface area contributed by atoms with Gasteiger partial charge in [0.2, 0.25) is 11.6 Å². The minimum absolute atomic E-state index is 0.0918. The fraction of sp³-hybridized carbons (Fsp3) is 0. The molecule has 0 radical (unpaired) electrons. The van der Waals surface area contributed by atoms with E-state index in [1.54, 1.807) is 18.2 Å². The van der Waals surface area contributed by atoms with Gasteiger partial charge in [0.1, 0.15) is 11.0 Å². The van der Waals surface area contributed by atoms with Crippen molar-refractivity contribution in [1.29, 1.82) is 0 Å². The summed E-state index contributed by atoms with van der Waals surface area (Å²) in [6.45, 7) is 0. The SMILES string of the molecule is O=[N+]([O-])c1ccccc1Oc1ncnc2ccsc12. The number of ether oxygens (including phenoxy) is 1. The van der Waals surface area contributed by atoms with E-state index in [0.717, 1.165) is 10.2 Å². The molecule has 94 valence electrons. The summed E-state index contributed by atoms with van der Waals surface area (Å²) in [4.78, 5) is 18.6. The topological polar surface area (TPSA) is 78.2 Å². The third-order valence-electron chi connectivity index (χ3n) is 2.48. The largest absolute Gasteiger partial charge is 0.430 e. The molecule has 7 heteroatoms. The quantitative estimate of drug-likeness (QED) is 0.540. The van der Waals surface area contributed by atoms with Crippen LogP contribution < -0.4 is 4.74 Å². The van der Waals surface area contributed by atoms with E-state index in [0.29, 0.717) is 5.88 Å². The maximum Gasteiger partial charge on any atom is 0.311 e. The fourth-order valence-electron chi connectivity index (χ4n) is 1.64. The number of benzene rings is 1. The van der Waals surface area contributed by atoms with Gasteiger partial charge in [-0.25, -0.2) is 9.97 Å². The average Bonchev–Trinajstić information content (AvgIpc) is 2.88. The lowest BCUT2D eigenvalue weighted by Gasteiger charge is -2.05. The second-order valence-corrected chi connectivity index (χ2v) is 4.56. The van der Waals surface area contributed by atoms with Gasteiger partial charge in [0.05, 0.1) is 10.4 Å². The molecule has 6 nitrogen and oxygen atoms in total. The Morgan fingerprint density at radius 1 is 1.21 bits per heavy atom. The van der Waals surface area contributed by atoms with Gasteiger partial charge in [-0.2, -0.15) is 0 Å². The van der Waals surface area contributed by atoms with Crippen LogP contribution in [0.25, 0.3) is 10.2 Å². The summed E-state index contributed by atoms with van der Waals surface area (Å²) in [5.74, 6) is 0.496. The van der Waals surface area contributed by atoms with Crippen LogP contribution >= 0.6 is 11.3 Å². The van der Waals surface area contributed by atoms with E-state index < -0.39 is 4.92 Å². The maximum absolute atomic E-state index is 10.9. The molecule has 0 bridgehead atoms. The molecule has 3 rings (SSSR count). The van der Waals surface area contributed by atoms with Crippen molar-refractivity contribution in [3.63, 3.8) is 0 Å². The predicted molar refractivity (Wildman–Crippen MR) is 70.6 cm³/mol. The third kappa shape index (κ3) is 2.11. The predicted octanol–water partition coefficient (Wildman–Crippen LogP) is 3.39. The van der Waals surface area contributed by atoms with E-state index in [4.69, 9.17) is 4.74 Å². The molecule has 0 amide bonds. The highest BCUT2D eigenvalue weighted by Gasteiger charge is 2.16. The van der Waals surface area contributed by atoms with Crippen molar-refractivity contribution in [2.24, 2.45) is 0 Å². The van der Waals surface area contributed by atoms with Crippen molar-refractivity contribution >= 4 is 27.2 Å². The summed E-state index contributed by atoms with van der Waals surface area (Å²) in [5.41, 5.74) is 0.666. The van der Waals surface area contributed by atoms with Crippen molar-refractivity contribution in [2.45, 2.75) is 0 Å². The van der Waals surface area contributed by atoms with Crippen LogP contribution in [0.4, 0.5) is 5.69 Å². The first-order valence-corrected chi connectivity index (χ1v) is 6.23. The number of fused-ring (bicyclic) bond motifs is 1. The van der Waals surface area contributed by atoms with Gasteiger partial charge in [-0.05, 0) is 17.5 Å². The molecule has 0 fully saturated rings. The Morgan fingerprint density at radius 3 is 2.89 bits per heavy atom. The standard InChI is InChI=1S/C12H7N3O3S/c16-15(17)9-3-1-2-4-10(9)18-12-11-8(5-6-19-11)13-7-14-12/h1-7H. The van der Waals surface area contributed by atoms with Gasteiger partial charge < -0.3 is 4.74 Å². The second kappa shape index (κ2) is 4.62. The molecule has 0 atom stereocenters. The van der Waals surface area contributed by atoms with Crippen LogP contribution in [0.3, 0.4) is 0 Å². The van der Waals surface area contributed by atoms with Crippen LogP contribution in [0, 0.1) is 10.1 Å². The molecule has 0 saturated carbocycles. The van der Waals surface area contributed by atoms with Gasteiger partial charge in [0.15, 0.2) is 0 Å². The van der Waals surface area contributed by atoms with Crippen LogP contribution in [0.2, 0.25) is 0 Å². The van der Waals surface area contributed by atoms with Gasteiger partial charge >= 0.3 is 5.69 Å². The summed E-state index contributed by atoms with van der Waals surface area (Å²) in [6.07, 6.45) is 1.37. The van der Waals surface area contributed by atoms with Crippen molar-refractivity contribution in [3.05, 3.63) is 52.2 Å². The average molecular weight is 273 g/mol. The third-order valence-corrected chi connectivity index (χ3v) is 3.37. The van der Waals surface area contributed by atoms with Crippen LogP contribution in [-0.4, -0.2) is 14.9 Å².